The third-order valence-corrected chi connectivity index (χ3v) is 6.87. The Morgan fingerprint density at radius 2 is 1.49 bits per heavy atom. The van der Waals surface area contributed by atoms with Gasteiger partial charge in [-0.2, -0.15) is 0 Å². The van der Waals surface area contributed by atoms with Crippen LogP contribution in [0.3, 0.4) is 0 Å². The van der Waals surface area contributed by atoms with E-state index in [0.29, 0.717) is 16.8 Å². The maximum Gasteiger partial charge on any atom is 0.326 e. The molecule has 2 heterocycles. The van der Waals surface area contributed by atoms with Crippen LogP contribution in [0.2, 0.25) is 0 Å². The molecule has 0 aliphatic rings. The molecule has 4 rings (SSSR count). The van der Waals surface area contributed by atoms with E-state index in [1.807, 2.05) is 24.3 Å². The fraction of sp³-hybridized carbons (Fsp3) is 0.276. The van der Waals surface area contributed by atoms with Crippen molar-refractivity contribution in [1.29, 1.82) is 0 Å². The first kappa shape index (κ1) is 30.7. The van der Waals surface area contributed by atoms with Gasteiger partial charge in [0.05, 0.1) is 12.9 Å². The lowest BCUT2D eigenvalue weighted by molar-refractivity contribution is -0.142. The minimum Gasteiger partial charge on any atom is -0.508 e. The first-order valence-electron chi connectivity index (χ1n) is 13.4. The van der Waals surface area contributed by atoms with Crippen molar-refractivity contribution in [3.05, 3.63) is 84.1 Å². The Morgan fingerprint density at radius 1 is 0.837 bits per heavy atom. The summed E-state index contributed by atoms with van der Waals surface area (Å²) in [6, 6.07) is 8.22. The Balaban J connectivity index is 1.54. The Bertz CT molecular complexity index is 1550. The molecule has 226 valence electrons. The first-order chi connectivity index (χ1) is 20.6. The summed E-state index contributed by atoms with van der Waals surface area (Å²) in [5.41, 5.74) is 8.21. The van der Waals surface area contributed by atoms with Crippen molar-refractivity contribution in [3.63, 3.8) is 0 Å². The van der Waals surface area contributed by atoms with Gasteiger partial charge in [-0.15, -0.1) is 0 Å². The lowest BCUT2D eigenvalue weighted by Crippen LogP contribution is -2.58. The fourth-order valence-electron chi connectivity index (χ4n) is 4.53. The Labute approximate surface area is 245 Å². The van der Waals surface area contributed by atoms with Crippen molar-refractivity contribution in [2.75, 3.05) is 6.61 Å². The van der Waals surface area contributed by atoms with Crippen LogP contribution in [0.15, 0.2) is 67.3 Å². The number of aromatic nitrogens is 3. The Kier molecular flexibility index (Phi) is 10.1. The second-order valence-corrected chi connectivity index (χ2v) is 10.0. The van der Waals surface area contributed by atoms with E-state index in [1.165, 1.54) is 24.7 Å². The number of phenolic OH excluding ortho intramolecular Hbond substituents is 1. The van der Waals surface area contributed by atoms with Crippen LogP contribution in [0, 0.1) is 0 Å². The second-order valence-electron chi connectivity index (χ2n) is 10.0. The number of hydrogen-bond donors (Lipinski definition) is 9. The summed E-state index contributed by atoms with van der Waals surface area (Å²) >= 11 is 0. The van der Waals surface area contributed by atoms with Gasteiger partial charge >= 0.3 is 5.97 Å². The average Bonchev–Trinajstić information content (AvgIpc) is 3.66. The summed E-state index contributed by atoms with van der Waals surface area (Å²) < 4.78 is 0. The molecule has 0 fully saturated rings. The number of fused-ring (bicyclic) bond motifs is 1. The van der Waals surface area contributed by atoms with Gasteiger partial charge in [-0.1, -0.05) is 30.3 Å². The van der Waals surface area contributed by atoms with Crippen LogP contribution in [0.25, 0.3) is 10.9 Å². The number of hydrogen-bond acceptors (Lipinski definition) is 8. The summed E-state index contributed by atoms with van der Waals surface area (Å²) in [5.74, 6) is -3.57. The van der Waals surface area contributed by atoms with Crippen molar-refractivity contribution in [2.45, 2.75) is 43.4 Å². The maximum atomic E-state index is 13.5. The average molecular weight is 592 g/mol. The number of carbonyl (C=O) groups excluding carboxylic acids is 3. The maximum absolute atomic E-state index is 13.5. The molecule has 0 spiro atoms. The van der Waals surface area contributed by atoms with E-state index < -0.39 is 54.5 Å². The van der Waals surface area contributed by atoms with Crippen LogP contribution in [0.1, 0.15) is 16.8 Å². The van der Waals surface area contributed by atoms with Crippen molar-refractivity contribution >= 4 is 34.6 Å². The van der Waals surface area contributed by atoms with E-state index >= 15 is 0 Å². The molecule has 0 aliphatic carbocycles. The van der Waals surface area contributed by atoms with Gasteiger partial charge in [-0.25, -0.2) is 9.78 Å². The van der Waals surface area contributed by atoms with Gasteiger partial charge in [-0.3, -0.25) is 14.4 Å². The molecule has 0 saturated carbocycles. The highest BCUT2D eigenvalue weighted by atomic mass is 16.4. The lowest BCUT2D eigenvalue weighted by atomic mass is 10.0. The largest absolute Gasteiger partial charge is 0.508 e. The number of aliphatic hydroxyl groups excluding tert-OH is 1. The lowest BCUT2D eigenvalue weighted by Gasteiger charge is -2.25. The minimum atomic E-state index is -1.32. The quantitative estimate of drug-likeness (QED) is 0.0916. The predicted molar refractivity (Wildman–Crippen MR) is 155 cm³/mol. The Hall–Kier alpha value is -5.21. The van der Waals surface area contributed by atoms with E-state index in [2.05, 4.69) is 30.9 Å². The van der Waals surface area contributed by atoms with Crippen molar-refractivity contribution in [3.8, 4) is 5.75 Å². The number of benzene rings is 2. The van der Waals surface area contributed by atoms with Gasteiger partial charge in [0, 0.05) is 48.3 Å². The zero-order valence-corrected chi connectivity index (χ0v) is 23.0. The number of para-hydroxylation sites is 1. The summed E-state index contributed by atoms with van der Waals surface area (Å²) in [4.78, 5) is 61.6. The van der Waals surface area contributed by atoms with E-state index in [9.17, 15) is 34.5 Å². The zero-order chi connectivity index (χ0) is 30.9. The third-order valence-electron chi connectivity index (χ3n) is 6.87. The SMILES string of the molecule is NC(CO)C(=O)NC(Cc1ccc(O)cc1)C(=O)NC(Cc1cnc[nH]1)C(=O)NC(Cc1c[nH]c2ccccc12)C(=O)O. The monoisotopic (exact) mass is 591 g/mol. The summed E-state index contributed by atoms with van der Waals surface area (Å²) in [5, 5.41) is 37.3. The number of phenols is 1. The number of aromatic hydroxyl groups is 1. The number of amides is 3. The highest BCUT2D eigenvalue weighted by Crippen LogP contribution is 2.19. The van der Waals surface area contributed by atoms with Crippen LogP contribution in [-0.4, -0.2) is 84.7 Å². The molecule has 43 heavy (non-hydrogen) atoms. The van der Waals surface area contributed by atoms with Crippen molar-refractivity contribution in [1.82, 2.24) is 30.9 Å². The van der Waals surface area contributed by atoms with Gasteiger partial charge in [0.1, 0.15) is 29.9 Å². The zero-order valence-electron chi connectivity index (χ0n) is 23.0. The number of H-pyrrole nitrogens is 2. The number of carboxylic acids is 1. The van der Waals surface area contributed by atoms with Crippen LogP contribution in [-0.2, 0) is 38.4 Å². The van der Waals surface area contributed by atoms with E-state index in [0.717, 1.165) is 10.9 Å². The molecule has 4 aromatic rings. The molecule has 4 unspecified atom stereocenters. The minimum absolute atomic E-state index is 0.00741. The van der Waals surface area contributed by atoms with Crippen LogP contribution in [0.5, 0.6) is 5.75 Å². The van der Waals surface area contributed by atoms with Crippen LogP contribution < -0.4 is 21.7 Å². The number of carboxylic acid groups (broad SMARTS) is 1. The first-order valence-corrected chi connectivity index (χ1v) is 13.4. The topological polar surface area (TPSA) is 236 Å². The summed E-state index contributed by atoms with van der Waals surface area (Å²) in [6.07, 6.45) is 4.43. The van der Waals surface area contributed by atoms with Gasteiger partial charge in [-0.05, 0) is 29.3 Å². The van der Waals surface area contributed by atoms with Gasteiger partial charge in [0.15, 0.2) is 0 Å². The number of nitrogens with zero attached hydrogens (tertiary/aromatic N) is 1. The van der Waals surface area contributed by atoms with E-state index in [4.69, 9.17) is 5.73 Å². The number of nitrogens with one attached hydrogen (secondary N) is 5. The number of carbonyl (C=O) groups is 4. The number of aliphatic carboxylic acids is 1. The molecular weight excluding hydrogens is 558 g/mol. The predicted octanol–water partition coefficient (Wildman–Crippen LogP) is -0.517. The van der Waals surface area contributed by atoms with Crippen molar-refractivity contribution < 1.29 is 34.5 Å². The molecule has 2 aromatic heterocycles. The highest BCUT2D eigenvalue weighted by Gasteiger charge is 2.31. The molecule has 14 nitrogen and oxygen atoms in total. The number of imidazole rings is 1. The molecule has 2 aromatic carbocycles. The van der Waals surface area contributed by atoms with Crippen LogP contribution >= 0.6 is 0 Å². The fourth-order valence-corrected chi connectivity index (χ4v) is 4.53. The number of nitrogens with two attached hydrogens (primary N) is 1. The summed E-state index contributed by atoms with van der Waals surface area (Å²) in [7, 11) is 0. The highest BCUT2D eigenvalue weighted by molar-refractivity contribution is 5.94. The van der Waals surface area contributed by atoms with E-state index in [-0.39, 0.29) is 25.0 Å². The van der Waals surface area contributed by atoms with Gasteiger partial charge in [0.2, 0.25) is 17.7 Å². The molecule has 0 aliphatic heterocycles. The molecule has 3 amide bonds. The van der Waals surface area contributed by atoms with E-state index in [1.54, 1.807) is 18.3 Å². The molecule has 10 N–H and O–H groups in total. The third kappa shape index (κ3) is 8.18. The van der Waals surface area contributed by atoms with Crippen molar-refractivity contribution in [2.24, 2.45) is 5.73 Å². The van der Waals surface area contributed by atoms with Gasteiger partial charge in [0.25, 0.3) is 0 Å². The molecular formula is C29H33N7O7. The van der Waals surface area contributed by atoms with Gasteiger partial charge < -0.3 is 47.0 Å². The number of aromatic amines is 2. The smallest absolute Gasteiger partial charge is 0.326 e. The summed E-state index contributed by atoms with van der Waals surface area (Å²) in [6.45, 7) is -0.656. The molecule has 14 heteroatoms. The number of aliphatic hydroxyl groups is 1. The standard InChI is InChI=1S/C29H33N7O7/c30-21(14-37)26(39)34-23(9-16-5-7-19(38)8-6-16)27(40)35-24(11-18-13-31-15-33-18)28(41)36-25(29(42)43)10-17-12-32-22-4-2-1-3-20(17)22/h1-8,12-13,15,21,23-25,32,37-38H,9-11,14,30H2,(H,31,33)(H,34,39)(H,35,40)(H,36,41)(H,42,43). The normalized spacial score (nSPS) is 13.9. The second kappa shape index (κ2) is 14.1. The number of rotatable bonds is 14. The molecule has 0 saturated heterocycles. The molecule has 0 bridgehead atoms. The molecule has 0 radical (unpaired) electrons. The molecule has 4 atom stereocenters. The van der Waals surface area contributed by atoms with Crippen LogP contribution in [0.4, 0.5) is 0 Å². The Morgan fingerprint density at radius 3 is 2.14 bits per heavy atom.